The minimum atomic E-state index is -4.47. The van der Waals surface area contributed by atoms with Gasteiger partial charge in [-0.3, -0.25) is 0 Å². The lowest BCUT2D eigenvalue weighted by atomic mass is 10.3. The molecule has 0 spiro atoms. The molecule has 3 heterocycles. The van der Waals surface area contributed by atoms with Gasteiger partial charge in [0.2, 0.25) is 0 Å². The minimum Gasteiger partial charge on any atom is -0.469 e. The van der Waals surface area contributed by atoms with Crippen molar-refractivity contribution in [3.63, 3.8) is 0 Å². The van der Waals surface area contributed by atoms with E-state index in [1.165, 1.54) is 12.4 Å². The van der Waals surface area contributed by atoms with Gasteiger partial charge in [-0.25, -0.2) is 9.50 Å². The molecule has 0 amide bonds. The molecule has 0 radical (unpaired) electrons. The lowest BCUT2D eigenvalue weighted by Gasteiger charge is -2.05. The van der Waals surface area contributed by atoms with Crippen LogP contribution in [0.4, 0.5) is 19.0 Å². The second-order valence-electron chi connectivity index (χ2n) is 4.39. The first-order chi connectivity index (χ1) is 10.0. The molecule has 0 aliphatic rings. The molecule has 3 aromatic heterocycles. The zero-order valence-electron chi connectivity index (χ0n) is 10.8. The first-order valence-electron chi connectivity index (χ1n) is 6.22. The summed E-state index contributed by atoms with van der Waals surface area (Å²) in [4.78, 5) is 4.05. The number of furan rings is 1. The first kappa shape index (κ1) is 13.5. The smallest absolute Gasteiger partial charge is 0.435 e. The van der Waals surface area contributed by atoms with Crippen LogP contribution in [0, 0.1) is 0 Å². The third-order valence-corrected chi connectivity index (χ3v) is 2.92. The van der Waals surface area contributed by atoms with Gasteiger partial charge in [0.1, 0.15) is 11.3 Å². The standard InChI is InChI=1S/C13H11F3N4O/c14-13(15,16)11-8-10-12(18-5-6-20(10)19-11)17-4-3-9-2-1-7-21-9/h1-2,5-8H,3-4H2,(H,17,18). The minimum absolute atomic E-state index is 0.282. The van der Waals surface area contributed by atoms with Crippen molar-refractivity contribution in [3.05, 3.63) is 48.3 Å². The molecular weight excluding hydrogens is 285 g/mol. The number of rotatable bonds is 4. The molecule has 110 valence electrons. The number of halogens is 3. The number of fused-ring (bicyclic) bond motifs is 1. The van der Waals surface area contributed by atoms with E-state index in [-0.39, 0.29) is 5.52 Å². The quantitative estimate of drug-likeness (QED) is 0.804. The van der Waals surface area contributed by atoms with Gasteiger partial charge >= 0.3 is 6.18 Å². The van der Waals surface area contributed by atoms with E-state index in [1.54, 1.807) is 12.3 Å². The van der Waals surface area contributed by atoms with Crippen LogP contribution in [0.5, 0.6) is 0 Å². The molecule has 21 heavy (non-hydrogen) atoms. The zero-order chi connectivity index (χ0) is 14.9. The normalized spacial score (nSPS) is 12.0. The van der Waals surface area contributed by atoms with E-state index < -0.39 is 11.9 Å². The summed E-state index contributed by atoms with van der Waals surface area (Å²) in [5.41, 5.74) is -0.658. The van der Waals surface area contributed by atoms with Gasteiger partial charge in [0, 0.05) is 31.4 Å². The third kappa shape index (κ3) is 2.83. The van der Waals surface area contributed by atoms with Crippen LogP contribution in [0.2, 0.25) is 0 Å². The Balaban J connectivity index is 1.80. The van der Waals surface area contributed by atoms with Gasteiger partial charge in [0.05, 0.1) is 6.26 Å². The molecule has 0 aliphatic carbocycles. The molecule has 5 nitrogen and oxygen atoms in total. The van der Waals surface area contributed by atoms with Gasteiger partial charge in [-0.05, 0) is 12.1 Å². The highest BCUT2D eigenvalue weighted by Crippen LogP contribution is 2.29. The van der Waals surface area contributed by atoms with Crippen LogP contribution < -0.4 is 5.32 Å². The molecule has 0 bridgehead atoms. The van der Waals surface area contributed by atoms with E-state index in [0.29, 0.717) is 18.8 Å². The second-order valence-corrected chi connectivity index (χ2v) is 4.39. The summed E-state index contributed by atoms with van der Waals surface area (Å²) < 4.78 is 44.3. The summed E-state index contributed by atoms with van der Waals surface area (Å²) in [7, 11) is 0. The molecule has 3 rings (SSSR count). The maximum absolute atomic E-state index is 12.7. The number of alkyl halides is 3. The number of hydrogen-bond acceptors (Lipinski definition) is 4. The van der Waals surface area contributed by atoms with Gasteiger partial charge in [0.15, 0.2) is 11.5 Å². The van der Waals surface area contributed by atoms with E-state index in [9.17, 15) is 13.2 Å². The Morgan fingerprint density at radius 3 is 2.90 bits per heavy atom. The summed E-state index contributed by atoms with van der Waals surface area (Å²) in [5.74, 6) is 1.14. The van der Waals surface area contributed by atoms with Crippen molar-refractivity contribution in [1.29, 1.82) is 0 Å². The Morgan fingerprint density at radius 2 is 2.19 bits per heavy atom. The van der Waals surface area contributed by atoms with Crippen LogP contribution in [0.25, 0.3) is 5.52 Å². The van der Waals surface area contributed by atoms with Gasteiger partial charge in [-0.1, -0.05) is 0 Å². The summed E-state index contributed by atoms with van der Waals surface area (Å²) in [6.07, 6.45) is 0.478. The Labute approximate surface area is 117 Å². The molecule has 0 atom stereocenters. The molecule has 8 heteroatoms. The van der Waals surface area contributed by atoms with Crippen LogP contribution in [0.1, 0.15) is 11.5 Å². The number of nitrogens with one attached hydrogen (secondary N) is 1. The van der Waals surface area contributed by atoms with Crippen molar-refractivity contribution in [3.8, 4) is 0 Å². The lowest BCUT2D eigenvalue weighted by Crippen LogP contribution is -2.07. The highest BCUT2D eigenvalue weighted by Gasteiger charge is 2.34. The van der Waals surface area contributed by atoms with Crippen molar-refractivity contribution >= 4 is 11.3 Å². The molecule has 0 aromatic carbocycles. The zero-order valence-corrected chi connectivity index (χ0v) is 10.8. The third-order valence-electron chi connectivity index (χ3n) is 2.92. The molecular formula is C13H11F3N4O. The van der Waals surface area contributed by atoms with E-state index >= 15 is 0 Å². The van der Waals surface area contributed by atoms with Crippen LogP contribution in [-0.2, 0) is 12.6 Å². The summed E-state index contributed by atoms with van der Waals surface area (Å²) >= 11 is 0. The van der Waals surface area contributed by atoms with Crippen molar-refractivity contribution in [2.24, 2.45) is 0 Å². The Kier molecular flexibility index (Phi) is 3.28. The number of nitrogens with zero attached hydrogens (tertiary/aromatic N) is 3. The summed E-state index contributed by atoms with van der Waals surface area (Å²) in [5, 5.41) is 6.49. The SMILES string of the molecule is FC(F)(F)c1cc2c(NCCc3ccco3)nccn2n1. The molecule has 0 fully saturated rings. The van der Waals surface area contributed by atoms with E-state index in [0.717, 1.165) is 16.3 Å². The maximum atomic E-state index is 12.7. The van der Waals surface area contributed by atoms with Crippen LogP contribution in [-0.4, -0.2) is 21.1 Å². The lowest BCUT2D eigenvalue weighted by molar-refractivity contribution is -0.141. The Morgan fingerprint density at radius 1 is 1.33 bits per heavy atom. The van der Waals surface area contributed by atoms with Crippen molar-refractivity contribution < 1.29 is 17.6 Å². The van der Waals surface area contributed by atoms with Crippen molar-refractivity contribution in [1.82, 2.24) is 14.6 Å². The van der Waals surface area contributed by atoms with Gasteiger partial charge in [-0.2, -0.15) is 18.3 Å². The van der Waals surface area contributed by atoms with Crippen molar-refractivity contribution in [2.75, 3.05) is 11.9 Å². The van der Waals surface area contributed by atoms with Crippen LogP contribution in [0.3, 0.4) is 0 Å². The Hall–Kier alpha value is -2.51. The van der Waals surface area contributed by atoms with E-state index in [4.69, 9.17) is 4.42 Å². The highest BCUT2D eigenvalue weighted by atomic mass is 19.4. The monoisotopic (exact) mass is 296 g/mol. The topological polar surface area (TPSA) is 55.4 Å². The molecule has 0 aliphatic heterocycles. The van der Waals surface area contributed by atoms with Gasteiger partial charge in [-0.15, -0.1) is 0 Å². The fourth-order valence-corrected chi connectivity index (χ4v) is 1.96. The largest absolute Gasteiger partial charge is 0.469 e. The van der Waals surface area contributed by atoms with Gasteiger partial charge < -0.3 is 9.73 Å². The number of anilines is 1. The highest BCUT2D eigenvalue weighted by molar-refractivity contribution is 5.67. The average molecular weight is 296 g/mol. The van der Waals surface area contributed by atoms with E-state index in [1.807, 2.05) is 6.07 Å². The summed E-state index contributed by atoms with van der Waals surface area (Å²) in [6, 6.07) is 4.58. The van der Waals surface area contributed by atoms with E-state index in [2.05, 4.69) is 15.4 Å². The van der Waals surface area contributed by atoms with Crippen molar-refractivity contribution in [2.45, 2.75) is 12.6 Å². The summed E-state index contributed by atoms with van der Waals surface area (Å²) in [6.45, 7) is 0.493. The molecule has 0 saturated heterocycles. The second kappa shape index (κ2) is 5.12. The average Bonchev–Trinajstić information content (AvgIpc) is 3.06. The first-order valence-corrected chi connectivity index (χ1v) is 6.22. The molecule has 1 N–H and O–H groups in total. The predicted octanol–water partition coefficient (Wildman–Crippen LogP) is 3.00. The maximum Gasteiger partial charge on any atom is 0.435 e. The number of aromatic nitrogens is 3. The predicted molar refractivity (Wildman–Crippen MR) is 68.9 cm³/mol. The van der Waals surface area contributed by atoms with Crippen LogP contribution in [0.15, 0.2) is 41.3 Å². The molecule has 0 saturated carbocycles. The fourth-order valence-electron chi connectivity index (χ4n) is 1.96. The van der Waals surface area contributed by atoms with Crippen LogP contribution >= 0.6 is 0 Å². The van der Waals surface area contributed by atoms with Gasteiger partial charge in [0.25, 0.3) is 0 Å². The Bertz CT molecular complexity index is 734. The fraction of sp³-hybridized carbons (Fsp3) is 0.231. The molecule has 3 aromatic rings. The number of hydrogen-bond donors (Lipinski definition) is 1. The molecule has 0 unspecified atom stereocenters.